The van der Waals surface area contributed by atoms with Crippen LogP contribution in [0.15, 0.2) is 72.8 Å². The van der Waals surface area contributed by atoms with Crippen LogP contribution in [0.2, 0.25) is 0 Å². The monoisotopic (exact) mass is 483 g/mol. The standard InChI is InChI=1S/C30H33N3O3/c1-20(2)22-11-13-26(14-12-22)36-19-25(34)18-33-28-10-5-4-9-27(28)31-30(33)23-16-29(35)32(17-23)24-8-6-7-21(3)15-24/h4-15,20,23,25,34H,16-19H2,1-3H3/t23-,25-/m0/s1. The maximum absolute atomic E-state index is 13.0. The maximum Gasteiger partial charge on any atom is 0.227 e. The van der Waals surface area contributed by atoms with Crippen molar-refractivity contribution < 1.29 is 14.6 Å². The zero-order chi connectivity index (χ0) is 25.2. The van der Waals surface area contributed by atoms with Gasteiger partial charge in [0.1, 0.15) is 24.3 Å². The van der Waals surface area contributed by atoms with E-state index in [2.05, 4.69) is 30.5 Å². The Bertz CT molecular complexity index is 1360. The van der Waals surface area contributed by atoms with Gasteiger partial charge >= 0.3 is 0 Å². The number of aromatic nitrogens is 2. The van der Waals surface area contributed by atoms with Crippen molar-refractivity contribution in [2.75, 3.05) is 18.1 Å². The molecule has 6 nitrogen and oxygen atoms in total. The van der Waals surface area contributed by atoms with E-state index in [4.69, 9.17) is 9.72 Å². The lowest BCUT2D eigenvalue weighted by Crippen LogP contribution is -2.26. The molecule has 0 bridgehead atoms. The van der Waals surface area contributed by atoms with Gasteiger partial charge in [-0.15, -0.1) is 0 Å². The van der Waals surface area contributed by atoms with Crippen LogP contribution in [0.4, 0.5) is 5.69 Å². The van der Waals surface area contributed by atoms with Crippen LogP contribution in [0.5, 0.6) is 5.75 Å². The summed E-state index contributed by atoms with van der Waals surface area (Å²) in [5.74, 6) is 2.08. The van der Waals surface area contributed by atoms with Crippen LogP contribution >= 0.6 is 0 Å². The predicted molar refractivity (Wildman–Crippen MR) is 143 cm³/mol. The molecule has 1 aliphatic rings. The summed E-state index contributed by atoms with van der Waals surface area (Å²) in [6.45, 7) is 7.43. The van der Waals surface area contributed by atoms with E-state index in [1.54, 1.807) is 0 Å². The molecule has 6 heteroatoms. The fraction of sp³-hybridized carbons (Fsp3) is 0.333. The topological polar surface area (TPSA) is 67.6 Å². The summed E-state index contributed by atoms with van der Waals surface area (Å²) in [4.78, 5) is 19.7. The molecule has 186 valence electrons. The van der Waals surface area contributed by atoms with Gasteiger partial charge in [0, 0.05) is 24.6 Å². The number of rotatable bonds is 8. The molecule has 4 aromatic rings. The fourth-order valence-electron chi connectivity index (χ4n) is 4.93. The first-order valence-corrected chi connectivity index (χ1v) is 12.6. The van der Waals surface area contributed by atoms with Crippen LogP contribution in [0, 0.1) is 6.92 Å². The van der Waals surface area contributed by atoms with E-state index in [-0.39, 0.29) is 18.4 Å². The Morgan fingerprint density at radius 2 is 1.83 bits per heavy atom. The Hall–Kier alpha value is -3.64. The number of nitrogens with zero attached hydrogens (tertiary/aromatic N) is 3. The first-order chi connectivity index (χ1) is 17.4. The highest BCUT2D eigenvalue weighted by Gasteiger charge is 2.35. The molecule has 0 unspecified atom stereocenters. The van der Waals surface area contributed by atoms with E-state index in [1.807, 2.05) is 72.5 Å². The number of imidazole rings is 1. The Balaban J connectivity index is 1.34. The molecule has 2 atom stereocenters. The molecule has 5 rings (SSSR count). The lowest BCUT2D eigenvalue weighted by molar-refractivity contribution is -0.117. The average Bonchev–Trinajstić information content (AvgIpc) is 3.43. The molecule has 2 heterocycles. The van der Waals surface area contributed by atoms with Gasteiger partial charge in [-0.05, 0) is 60.4 Å². The van der Waals surface area contributed by atoms with E-state index in [0.29, 0.717) is 25.4 Å². The van der Waals surface area contributed by atoms with E-state index < -0.39 is 6.10 Å². The lowest BCUT2D eigenvalue weighted by atomic mass is 10.0. The minimum Gasteiger partial charge on any atom is -0.491 e. The number of hydrogen-bond acceptors (Lipinski definition) is 4. The van der Waals surface area contributed by atoms with E-state index in [9.17, 15) is 9.90 Å². The molecule has 1 N–H and O–H groups in total. The number of aliphatic hydroxyl groups excluding tert-OH is 1. The Morgan fingerprint density at radius 1 is 1.06 bits per heavy atom. The number of anilines is 1. The molecule has 0 aliphatic carbocycles. The summed E-state index contributed by atoms with van der Waals surface area (Å²) in [5, 5.41) is 10.9. The van der Waals surface area contributed by atoms with Crippen molar-refractivity contribution in [2.24, 2.45) is 0 Å². The van der Waals surface area contributed by atoms with E-state index >= 15 is 0 Å². The summed E-state index contributed by atoms with van der Waals surface area (Å²) in [5.41, 5.74) is 5.11. The largest absolute Gasteiger partial charge is 0.491 e. The zero-order valence-corrected chi connectivity index (χ0v) is 21.1. The third-order valence-corrected chi connectivity index (χ3v) is 6.87. The molecule has 1 fully saturated rings. The van der Waals surface area contributed by atoms with Crippen LogP contribution in [-0.4, -0.2) is 39.8 Å². The number of hydrogen-bond donors (Lipinski definition) is 1. The summed E-state index contributed by atoms with van der Waals surface area (Å²) >= 11 is 0. The van der Waals surface area contributed by atoms with Gasteiger partial charge in [-0.25, -0.2) is 4.98 Å². The normalized spacial score (nSPS) is 16.8. The molecule has 0 radical (unpaired) electrons. The number of para-hydroxylation sites is 2. The van der Waals surface area contributed by atoms with Crippen LogP contribution in [0.1, 0.15) is 49.1 Å². The molecule has 0 saturated carbocycles. The second-order valence-corrected chi connectivity index (χ2v) is 10.0. The Morgan fingerprint density at radius 3 is 2.58 bits per heavy atom. The number of ether oxygens (including phenoxy) is 1. The number of aliphatic hydroxyl groups is 1. The maximum atomic E-state index is 13.0. The molecular weight excluding hydrogens is 450 g/mol. The van der Waals surface area contributed by atoms with Gasteiger partial charge in [-0.3, -0.25) is 4.79 Å². The van der Waals surface area contributed by atoms with Crippen LogP contribution in [0.3, 0.4) is 0 Å². The lowest BCUT2D eigenvalue weighted by Gasteiger charge is -2.19. The third-order valence-electron chi connectivity index (χ3n) is 6.87. The van der Waals surface area contributed by atoms with Crippen molar-refractivity contribution >= 4 is 22.6 Å². The highest BCUT2D eigenvalue weighted by Crippen LogP contribution is 2.33. The van der Waals surface area contributed by atoms with Gasteiger partial charge in [0.2, 0.25) is 5.91 Å². The predicted octanol–water partition coefficient (Wildman–Crippen LogP) is 5.43. The van der Waals surface area contributed by atoms with Gasteiger partial charge in [0.15, 0.2) is 0 Å². The number of aryl methyl sites for hydroxylation is 1. The summed E-state index contributed by atoms with van der Waals surface area (Å²) in [6, 6.07) is 24.0. The molecule has 1 aromatic heterocycles. The van der Waals surface area contributed by atoms with Gasteiger partial charge in [-0.2, -0.15) is 0 Å². The highest BCUT2D eigenvalue weighted by atomic mass is 16.5. The van der Waals surface area contributed by atoms with Gasteiger partial charge in [0.05, 0.1) is 17.6 Å². The van der Waals surface area contributed by atoms with Crippen LogP contribution in [0.25, 0.3) is 11.0 Å². The van der Waals surface area contributed by atoms with E-state index in [1.165, 1.54) is 5.56 Å². The SMILES string of the molecule is Cc1cccc(N2C[C@@H](c3nc4ccccc4n3C[C@H](O)COc3ccc(C(C)C)cc3)CC2=O)c1. The number of amides is 1. The molecule has 1 aliphatic heterocycles. The van der Waals surface area contributed by atoms with Crippen molar-refractivity contribution in [3.63, 3.8) is 0 Å². The van der Waals surface area contributed by atoms with Crippen molar-refractivity contribution in [2.45, 2.75) is 51.7 Å². The van der Waals surface area contributed by atoms with Crippen molar-refractivity contribution in [3.8, 4) is 5.75 Å². The van der Waals surface area contributed by atoms with Crippen molar-refractivity contribution in [1.82, 2.24) is 9.55 Å². The molecule has 36 heavy (non-hydrogen) atoms. The first kappa shape index (κ1) is 24.1. The highest BCUT2D eigenvalue weighted by molar-refractivity contribution is 5.96. The minimum atomic E-state index is -0.726. The second kappa shape index (κ2) is 10.2. The number of carbonyl (C=O) groups is 1. The molecule has 3 aromatic carbocycles. The summed E-state index contributed by atoms with van der Waals surface area (Å²) < 4.78 is 7.94. The van der Waals surface area contributed by atoms with Gasteiger partial charge in [0.25, 0.3) is 0 Å². The van der Waals surface area contributed by atoms with Crippen molar-refractivity contribution in [3.05, 3.63) is 89.7 Å². The average molecular weight is 484 g/mol. The van der Waals surface area contributed by atoms with Gasteiger partial charge in [-0.1, -0.05) is 50.2 Å². The molecular formula is C30H33N3O3. The fourth-order valence-corrected chi connectivity index (χ4v) is 4.93. The number of fused-ring (bicyclic) bond motifs is 1. The smallest absolute Gasteiger partial charge is 0.227 e. The number of benzene rings is 3. The van der Waals surface area contributed by atoms with Crippen molar-refractivity contribution in [1.29, 1.82) is 0 Å². The van der Waals surface area contributed by atoms with E-state index in [0.717, 1.165) is 33.9 Å². The molecule has 0 spiro atoms. The molecule has 1 amide bonds. The zero-order valence-electron chi connectivity index (χ0n) is 21.1. The summed E-state index contributed by atoms with van der Waals surface area (Å²) in [7, 11) is 0. The van der Waals surface area contributed by atoms with Crippen LogP contribution < -0.4 is 9.64 Å². The first-order valence-electron chi connectivity index (χ1n) is 12.6. The van der Waals surface area contributed by atoms with Gasteiger partial charge < -0.3 is 19.3 Å². The minimum absolute atomic E-state index is 0.0536. The second-order valence-electron chi connectivity index (χ2n) is 10.0. The summed E-state index contributed by atoms with van der Waals surface area (Å²) in [6.07, 6.45) is -0.331. The number of carbonyl (C=O) groups excluding carboxylic acids is 1. The third kappa shape index (κ3) is 5.00. The quantitative estimate of drug-likeness (QED) is 0.363. The van der Waals surface area contributed by atoms with Crippen LogP contribution in [-0.2, 0) is 11.3 Å². The Kier molecular flexibility index (Phi) is 6.79. The Labute approximate surface area is 212 Å². The molecule has 1 saturated heterocycles.